The normalized spacial score (nSPS) is 23.8. The molecule has 124 valence electrons. The molecule has 0 bridgehead atoms. The van der Waals surface area contributed by atoms with Crippen molar-refractivity contribution >= 4 is 10.8 Å². The molecule has 3 atom stereocenters. The van der Waals surface area contributed by atoms with Crippen LogP contribution in [-0.2, 0) is 4.74 Å². The van der Waals surface area contributed by atoms with Crippen molar-refractivity contribution in [3.63, 3.8) is 0 Å². The highest BCUT2D eigenvalue weighted by Crippen LogP contribution is 2.25. The predicted molar refractivity (Wildman–Crippen MR) is 91.9 cm³/mol. The maximum atomic E-state index is 10.3. The van der Waals surface area contributed by atoms with Gasteiger partial charge in [-0.05, 0) is 25.3 Å². The minimum absolute atomic E-state index is 0.213. The van der Waals surface area contributed by atoms with Crippen molar-refractivity contribution in [1.29, 1.82) is 0 Å². The predicted octanol–water partition coefficient (Wildman–Crippen LogP) is 2.69. The zero-order valence-electron chi connectivity index (χ0n) is 13.8. The van der Waals surface area contributed by atoms with Gasteiger partial charge in [-0.25, -0.2) is 0 Å². The summed E-state index contributed by atoms with van der Waals surface area (Å²) < 4.78 is 11.6. The molecule has 2 aromatic carbocycles. The fourth-order valence-corrected chi connectivity index (χ4v) is 3.29. The summed E-state index contributed by atoms with van der Waals surface area (Å²) in [6.45, 7) is 6.77. The smallest absolute Gasteiger partial charge is 0.127 e. The molecular formula is C19H25NO3. The summed E-state index contributed by atoms with van der Waals surface area (Å²) in [6, 6.07) is 14.1. The van der Waals surface area contributed by atoms with Crippen molar-refractivity contribution in [3.05, 3.63) is 42.5 Å². The molecule has 1 heterocycles. The first kappa shape index (κ1) is 16.2. The van der Waals surface area contributed by atoms with Gasteiger partial charge in [0.15, 0.2) is 0 Å². The maximum Gasteiger partial charge on any atom is 0.127 e. The Morgan fingerprint density at radius 1 is 1.13 bits per heavy atom. The average Bonchev–Trinajstić information content (AvgIpc) is 2.52. The van der Waals surface area contributed by atoms with E-state index in [-0.39, 0.29) is 12.2 Å². The Morgan fingerprint density at radius 2 is 1.83 bits per heavy atom. The fraction of sp³-hybridized carbons (Fsp3) is 0.474. The number of fused-ring (bicyclic) bond motifs is 1. The lowest BCUT2D eigenvalue weighted by molar-refractivity contribution is -0.0786. The van der Waals surface area contributed by atoms with Gasteiger partial charge in [-0.2, -0.15) is 0 Å². The molecule has 4 nitrogen and oxygen atoms in total. The standard InChI is InChI=1S/C19H25NO3/c1-14-10-20(11-15(2)23-14)12-17(21)13-22-19-9-5-7-16-6-3-4-8-18(16)19/h3-9,14-15,17,21H,10-13H2,1-2H3. The topological polar surface area (TPSA) is 41.9 Å². The Kier molecular flexibility index (Phi) is 5.16. The lowest BCUT2D eigenvalue weighted by Gasteiger charge is -2.36. The summed E-state index contributed by atoms with van der Waals surface area (Å²) in [4.78, 5) is 2.25. The van der Waals surface area contributed by atoms with E-state index in [1.165, 1.54) is 0 Å². The highest BCUT2D eigenvalue weighted by Gasteiger charge is 2.24. The Morgan fingerprint density at radius 3 is 2.61 bits per heavy atom. The van der Waals surface area contributed by atoms with Gasteiger partial charge in [-0.15, -0.1) is 0 Å². The number of β-amino-alcohol motifs (C(OH)–C–C–N with tert-alkyl or cyclic N) is 1. The second-order valence-corrected chi connectivity index (χ2v) is 6.42. The molecule has 4 heteroatoms. The number of ether oxygens (including phenoxy) is 2. The van der Waals surface area contributed by atoms with Gasteiger partial charge in [0, 0.05) is 25.0 Å². The lowest BCUT2D eigenvalue weighted by atomic mass is 10.1. The number of aliphatic hydroxyl groups excluding tert-OH is 1. The molecule has 0 spiro atoms. The van der Waals surface area contributed by atoms with E-state index in [2.05, 4.69) is 30.9 Å². The van der Waals surface area contributed by atoms with Gasteiger partial charge in [-0.3, -0.25) is 4.90 Å². The summed E-state index contributed by atoms with van der Waals surface area (Å²) in [5, 5.41) is 12.5. The van der Waals surface area contributed by atoms with Crippen LogP contribution in [0.3, 0.4) is 0 Å². The molecule has 1 N–H and O–H groups in total. The third-order valence-electron chi connectivity index (χ3n) is 4.15. The number of rotatable bonds is 5. The molecule has 0 aromatic heterocycles. The van der Waals surface area contributed by atoms with E-state index in [9.17, 15) is 5.11 Å². The van der Waals surface area contributed by atoms with E-state index < -0.39 is 6.10 Å². The summed E-state index contributed by atoms with van der Waals surface area (Å²) >= 11 is 0. The summed E-state index contributed by atoms with van der Waals surface area (Å²) in [5.41, 5.74) is 0. The van der Waals surface area contributed by atoms with Crippen molar-refractivity contribution in [2.24, 2.45) is 0 Å². The summed E-state index contributed by atoms with van der Waals surface area (Å²) in [7, 11) is 0. The van der Waals surface area contributed by atoms with Gasteiger partial charge in [0.2, 0.25) is 0 Å². The molecule has 1 saturated heterocycles. The summed E-state index contributed by atoms with van der Waals surface area (Å²) in [5.74, 6) is 0.825. The second kappa shape index (κ2) is 7.30. The number of benzene rings is 2. The first-order valence-corrected chi connectivity index (χ1v) is 8.28. The SMILES string of the molecule is CC1CN(CC(O)COc2cccc3ccccc23)CC(C)O1. The molecule has 0 radical (unpaired) electrons. The van der Waals surface area contributed by atoms with E-state index in [1.807, 2.05) is 30.3 Å². The largest absolute Gasteiger partial charge is 0.490 e. The molecule has 1 aliphatic rings. The zero-order valence-corrected chi connectivity index (χ0v) is 13.8. The van der Waals surface area contributed by atoms with Crippen LogP contribution in [0.1, 0.15) is 13.8 Å². The molecule has 2 aromatic rings. The Hall–Kier alpha value is -1.62. The van der Waals surface area contributed by atoms with Crippen molar-refractivity contribution < 1.29 is 14.6 Å². The molecule has 1 aliphatic heterocycles. The first-order valence-electron chi connectivity index (χ1n) is 8.28. The van der Waals surface area contributed by atoms with Crippen LogP contribution in [-0.4, -0.2) is 54.6 Å². The van der Waals surface area contributed by atoms with Gasteiger partial charge in [0.1, 0.15) is 18.5 Å². The monoisotopic (exact) mass is 315 g/mol. The number of hydrogen-bond acceptors (Lipinski definition) is 4. The van der Waals surface area contributed by atoms with Crippen LogP contribution >= 0.6 is 0 Å². The van der Waals surface area contributed by atoms with Gasteiger partial charge in [0.25, 0.3) is 0 Å². The molecular weight excluding hydrogens is 290 g/mol. The average molecular weight is 315 g/mol. The molecule has 0 saturated carbocycles. The highest BCUT2D eigenvalue weighted by atomic mass is 16.5. The fourth-order valence-electron chi connectivity index (χ4n) is 3.29. The zero-order chi connectivity index (χ0) is 16.2. The molecule has 23 heavy (non-hydrogen) atoms. The van der Waals surface area contributed by atoms with Crippen LogP contribution in [0.25, 0.3) is 10.8 Å². The Bertz CT molecular complexity index is 630. The molecule has 0 aliphatic carbocycles. The van der Waals surface area contributed by atoms with Gasteiger partial charge in [-0.1, -0.05) is 36.4 Å². The van der Waals surface area contributed by atoms with E-state index in [4.69, 9.17) is 9.47 Å². The maximum absolute atomic E-state index is 10.3. The van der Waals surface area contributed by atoms with Crippen LogP contribution in [0.15, 0.2) is 42.5 Å². The van der Waals surface area contributed by atoms with E-state index in [1.54, 1.807) is 0 Å². The van der Waals surface area contributed by atoms with Crippen LogP contribution in [0.4, 0.5) is 0 Å². The minimum atomic E-state index is -0.508. The third kappa shape index (κ3) is 4.22. The van der Waals surface area contributed by atoms with E-state index >= 15 is 0 Å². The number of nitrogens with zero attached hydrogens (tertiary/aromatic N) is 1. The first-order chi connectivity index (χ1) is 11.1. The third-order valence-corrected chi connectivity index (χ3v) is 4.15. The molecule has 3 rings (SSSR count). The second-order valence-electron chi connectivity index (χ2n) is 6.42. The van der Waals surface area contributed by atoms with Gasteiger partial charge >= 0.3 is 0 Å². The molecule has 0 amide bonds. The van der Waals surface area contributed by atoms with Crippen molar-refractivity contribution in [1.82, 2.24) is 4.90 Å². The van der Waals surface area contributed by atoms with E-state index in [0.29, 0.717) is 13.2 Å². The van der Waals surface area contributed by atoms with Crippen LogP contribution < -0.4 is 4.74 Å². The number of morpholine rings is 1. The molecule has 1 fully saturated rings. The van der Waals surface area contributed by atoms with Crippen LogP contribution in [0.5, 0.6) is 5.75 Å². The Balaban J connectivity index is 1.57. The Labute approximate surface area is 137 Å². The van der Waals surface area contributed by atoms with Crippen LogP contribution in [0.2, 0.25) is 0 Å². The summed E-state index contributed by atoms with van der Waals surface area (Å²) in [6.07, 6.45) is -0.0821. The minimum Gasteiger partial charge on any atom is -0.490 e. The highest BCUT2D eigenvalue weighted by molar-refractivity contribution is 5.88. The lowest BCUT2D eigenvalue weighted by Crippen LogP contribution is -2.48. The van der Waals surface area contributed by atoms with Crippen molar-refractivity contribution in [2.45, 2.75) is 32.2 Å². The van der Waals surface area contributed by atoms with Crippen LogP contribution in [0, 0.1) is 0 Å². The number of hydrogen-bond donors (Lipinski definition) is 1. The van der Waals surface area contributed by atoms with Crippen molar-refractivity contribution in [3.8, 4) is 5.75 Å². The van der Waals surface area contributed by atoms with Gasteiger partial charge in [0.05, 0.1) is 12.2 Å². The van der Waals surface area contributed by atoms with Gasteiger partial charge < -0.3 is 14.6 Å². The van der Waals surface area contributed by atoms with E-state index in [0.717, 1.165) is 29.6 Å². The number of aliphatic hydroxyl groups is 1. The van der Waals surface area contributed by atoms with Crippen molar-refractivity contribution in [2.75, 3.05) is 26.2 Å². The quantitative estimate of drug-likeness (QED) is 0.921. The molecule has 3 unspecified atom stereocenters.